The van der Waals surface area contributed by atoms with Crippen LogP contribution in [-0.2, 0) is 4.74 Å². The third kappa shape index (κ3) is 5.75. The molecule has 3 aliphatic rings. The lowest BCUT2D eigenvalue weighted by Gasteiger charge is -2.36. The molecule has 0 aliphatic carbocycles. The lowest BCUT2D eigenvalue weighted by Crippen LogP contribution is -2.51. The minimum Gasteiger partial charge on any atom is -0.373 e. The minimum atomic E-state index is 0.250. The fraction of sp³-hybridized carbons (Fsp3) is 0.783. The Kier molecular flexibility index (Phi) is 8.04. The second-order valence-electron chi connectivity index (χ2n) is 9.10. The number of fused-ring (bicyclic) bond motifs is 1. The lowest BCUT2D eigenvalue weighted by atomic mass is 9.97. The second kappa shape index (κ2) is 10.9. The summed E-state index contributed by atoms with van der Waals surface area (Å²) in [5, 5.41) is 9.18. The first-order valence-electron chi connectivity index (χ1n) is 11.9. The van der Waals surface area contributed by atoms with Gasteiger partial charge in [0.1, 0.15) is 0 Å². The van der Waals surface area contributed by atoms with Crippen LogP contribution in [0.25, 0.3) is 0 Å². The molecule has 7 heteroatoms. The van der Waals surface area contributed by atoms with Gasteiger partial charge in [-0.1, -0.05) is 13.0 Å². The highest BCUT2D eigenvalue weighted by atomic mass is 32.1. The molecule has 6 nitrogen and oxygen atoms in total. The topological polar surface area (TPSA) is 52.1 Å². The van der Waals surface area contributed by atoms with E-state index in [1.807, 2.05) is 11.3 Å². The predicted octanol–water partition coefficient (Wildman–Crippen LogP) is 2.94. The Bertz CT molecular complexity index is 659. The molecule has 0 saturated carbocycles. The smallest absolute Gasteiger partial charge is 0.191 e. The largest absolute Gasteiger partial charge is 0.373 e. The molecule has 3 saturated heterocycles. The molecule has 3 unspecified atom stereocenters. The van der Waals surface area contributed by atoms with Gasteiger partial charge < -0.3 is 15.4 Å². The van der Waals surface area contributed by atoms with Gasteiger partial charge in [-0.2, -0.15) is 0 Å². The van der Waals surface area contributed by atoms with E-state index in [2.05, 4.69) is 51.8 Å². The van der Waals surface area contributed by atoms with Gasteiger partial charge in [0.25, 0.3) is 0 Å². The lowest BCUT2D eigenvalue weighted by molar-refractivity contribution is -0.0453. The highest BCUT2D eigenvalue weighted by Crippen LogP contribution is 2.29. The highest BCUT2D eigenvalue weighted by molar-refractivity contribution is 7.10. The molecule has 3 fully saturated rings. The van der Waals surface area contributed by atoms with Crippen LogP contribution >= 0.6 is 11.3 Å². The van der Waals surface area contributed by atoms with E-state index in [9.17, 15) is 0 Å². The number of guanidine groups is 1. The van der Waals surface area contributed by atoms with E-state index in [1.165, 1.54) is 50.2 Å². The number of likely N-dealkylation sites (tertiary alicyclic amines) is 1. The molecule has 1 aromatic heterocycles. The summed E-state index contributed by atoms with van der Waals surface area (Å²) in [7, 11) is 0. The van der Waals surface area contributed by atoms with Crippen molar-refractivity contribution in [2.75, 3.05) is 52.4 Å². The summed E-state index contributed by atoms with van der Waals surface area (Å²) in [4.78, 5) is 11.7. The quantitative estimate of drug-likeness (QED) is 0.512. The average molecular weight is 434 g/mol. The third-order valence-electron chi connectivity index (χ3n) is 6.86. The van der Waals surface area contributed by atoms with Gasteiger partial charge in [0.2, 0.25) is 0 Å². The maximum absolute atomic E-state index is 6.12. The Labute approximate surface area is 186 Å². The Morgan fingerprint density at radius 2 is 2.13 bits per heavy atom. The summed E-state index contributed by atoms with van der Waals surface area (Å²) in [6, 6.07) is 5.47. The molecule has 1 aromatic rings. The minimum absolute atomic E-state index is 0.250. The molecule has 0 amide bonds. The summed E-state index contributed by atoms with van der Waals surface area (Å²) in [6.07, 6.45) is 5.45. The van der Waals surface area contributed by atoms with Crippen LogP contribution in [0.5, 0.6) is 0 Å². The van der Waals surface area contributed by atoms with Crippen LogP contribution < -0.4 is 10.6 Å². The van der Waals surface area contributed by atoms with Crippen molar-refractivity contribution in [3.63, 3.8) is 0 Å². The summed E-state index contributed by atoms with van der Waals surface area (Å²) in [6.45, 7) is 12.5. The van der Waals surface area contributed by atoms with Crippen LogP contribution in [0.3, 0.4) is 0 Å². The SMILES string of the molecule is CCNC(=NCC(c1cccs1)N1CCC(C)CC1)NCC1CN2CCCC2CO1. The van der Waals surface area contributed by atoms with Crippen LogP contribution in [0, 0.1) is 5.92 Å². The number of nitrogens with one attached hydrogen (secondary N) is 2. The van der Waals surface area contributed by atoms with Crippen molar-refractivity contribution in [2.24, 2.45) is 10.9 Å². The number of thiophene rings is 1. The van der Waals surface area contributed by atoms with E-state index in [0.717, 1.165) is 44.7 Å². The number of morpholine rings is 1. The number of aliphatic imine (C=N–C) groups is 1. The molecule has 4 heterocycles. The fourth-order valence-electron chi connectivity index (χ4n) is 4.95. The van der Waals surface area contributed by atoms with E-state index in [-0.39, 0.29) is 6.10 Å². The summed E-state index contributed by atoms with van der Waals surface area (Å²) < 4.78 is 6.12. The number of rotatable bonds is 7. The van der Waals surface area contributed by atoms with Crippen molar-refractivity contribution >= 4 is 17.3 Å². The van der Waals surface area contributed by atoms with Crippen LogP contribution in [0.4, 0.5) is 0 Å². The fourth-order valence-corrected chi connectivity index (χ4v) is 5.80. The van der Waals surface area contributed by atoms with E-state index in [4.69, 9.17) is 9.73 Å². The van der Waals surface area contributed by atoms with Gasteiger partial charge in [0, 0.05) is 30.6 Å². The van der Waals surface area contributed by atoms with Crippen LogP contribution in [0.15, 0.2) is 22.5 Å². The number of nitrogens with zero attached hydrogens (tertiary/aromatic N) is 3. The van der Waals surface area contributed by atoms with Crippen molar-refractivity contribution < 1.29 is 4.74 Å². The van der Waals surface area contributed by atoms with E-state index >= 15 is 0 Å². The first kappa shape index (κ1) is 22.1. The molecule has 3 atom stereocenters. The van der Waals surface area contributed by atoms with Crippen LogP contribution in [0.2, 0.25) is 0 Å². The Morgan fingerprint density at radius 1 is 1.27 bits per heavy atom. The molecular weight excluding hydrogens is 394 g/mol. The zero-order chi connectivity index (χ0) is 20.8. The number of hydrogen-bond acceptors (Lipinski definition) is 5. The molecule has 0 aromatic carbocycles. The third-order valence-corrected chi connectivity index (χ3v) is 7.83. The van der Waals surface area contributed by atoms with Crippen molar-refractivity contribution in [3.05, 3.63) is 22.4 Å². The molecule has 3 aliphatic heterocycles. The highest BCUT2D eigenvalue weighted by Gasteiger charge is 2.32. The molecule has 0 bridgehead atoms. The van der Waals surface area contributed by atoms with Gasteiger partial charge in [-0.05, 0) is 69.6 Å². The van der Waals surface area contributed by atoms with Crippen molar-refractivity contribution in [2.45, 2.75) is 57.7 Å². The molecular formula is C23H39N5OS. The summed E-state index contributed by atoms with van der Waals surface area (Å²) in [5.41, 5.74) is 0. The van der Waals surface area contributed by atoms with Crippen molar-refractivity contribution in [3.8, 4) is 0 Å². The first-order valence-corrected chi connectivity index (χ1v) is 12.8. The number of piperidine rings is 1. The molecule has 0 radical (unpaired) electrons. The van der Waals surface area contributed by atoms with Crippen LogP contribution in [-0.4, -0.2) is 80.3 Å². The summed E-state index contributed by atoms with van der Waals surface area (Å²) in [5.74, 6) is 1.76. The molecule has 0 spiro atoms. The van der Waals surface area contributed by atoms with Gasteiger partial charge in [-0.25, -0.2) is 0 Å². The molecule has 2 N–H and O–H groups in total. The van der Waals surface area contributed by atoms with Gasteiger partial charge >= 0.3 is 0 Å². The Balaban J connectivity index is 1.35. The van der Waals surface area contributed by atoms with E-state index in [1.54, 1.807) is 0 Å². The summed E-state index contributed by atoms with van der Waals surface area (Å²) >= 11 is 1.86. The Hall–Kier alpha value is -1.15. The van der Waals surface area contributed by atoms with Gasteiger partial charge in [-0.3, -0.25) is 14.8 Å². The average Bonchev–Trinajstić information content (AvgIpc) is 3.45. The molecule has 4 rings (SSSR count). The standard InChI is InChI=1S/C23H39N5OS/c1-3-24-23(25-14-20-16-28-10-4-6-19(28)17-29-20)26-15-21(22-7-5-13-30-22)27-11-8-18(2)9-12-27/h5,7,13,18-21H,3-4,6,8-12,14-17H2,1-2H3,(H2,24,25,26). The van der Waals surface area contributed by atoms with Gasteiger partial charge in [0.05, 0.1) is 25.3 Å². The predicted molar refractivity (Wildman–Crippen MR) is 125 cm³/mol. The number of hydrogen-bond donors (Lipinski definition) is 2. The maximum Gasteiger partial charge on any atom is 0.191 e. The van der Waals surface area contributed by atoms with Crippen molar-refractivity contribution in [1.82, 2.24) is 20.4 Å². The van der Waals surface area contributed by atoms with Gasteiger partial charge in [-0.15, -0.1) is 11.3 Å². The van der Waals surface area contributed by atoms with Crippen LogP contribution in [0.1, 0.15) is 50.4 Å². The molecule has 30 heavy (non-hydrogen) atoms. The van der Waals surface area contributed by atoms with Crippen molar-refractivity contribution in [1.29, 1.82) is 0 Å². The van der Waals surface area contributed by atoms with Gasteiger partial charge in [0.15, 0.2) is 5.96 Å². The molecule has 168 valence electrons. The zero-order valence-corrected chi connectivity index (χ0v) is 19.5. The zero-order valence-electron chi connectivity index (χ0n) is 18.7. The Morgan fingerprint density at radius 3 is 2.90 bits per heavy atom. The number of ether oxygens (including phenoxy) is 1. The van der Waals surface area contributed by atoms with E-state index < -0.39 is 0 Å². The first-order chi connectivity index (χ1) is 14.7. The van der Waals surface area contributed by atoms with E-state index in [0.29, 0.717) is 12.1 Å². The second-order valence-corrected chi connectivity index (χ2v) is 10.1. The maximum atomic E-state index is 6.12. The monoisotopic (exact) mass is 433 g/mol. The normalized spacial score (nSPS) is 27.7.